The predicted molar refractivity (Wildman–Crippen MR) is 98.7 cm³/mol. The molecule has 130 valence electrons. The number of likely N-dealkylation sites (N-methyl/N-ethyl adjacent to an activating group) is 1. The monoisotopic (exact) mass is 413 g/mol. The summed E-state index contributed by atoms with van der Waals surface area (Å²) in [4.78, 5) is 29.3. The maximum absolute atomic E-state index is 13.9. The SMILES string of the molecule is CN1C(=O)C2(CN(c3cncnc3)C2)c2c1cnc1cc(F)c(Br)cc21. The van der Waals surface area contributed by atoms with Gasteiger partial charge in [-0.1, -0.05) is 0 Å². The van der Waals surface area contributed by atoms with E-state index in [1.54, 1.807) is 36.6 Å². The highest BCUT2D eigenvalue weighted by molar-refractivity contribution is 9.10. The molecule has 1 spiro atoms. The highest BCUT2D eigenvalue weighted by Crippen LogP contribution is 2.50. The minimum absolute atomic E-state index is 0.0374. The molecule has 5 rings (SSSR count). The van der Waals surface area contributed by atoms with Crippen LogP contribution in [0.1, 0.15) is 5.56 Å². The summed E-state index contributed by atoms with van der Waals surface area (Å²) in [5.41, 5.74) is 2.48. The Bertz CT molecular complexity index is 1070. The van der Waals surface area contributed by atoms with Gasteiger partial charge in [0.1, 0.15) is 17.6 Å². The number of fused-ring (bicyclic) bond motifs is 4. The molecule has 3 aromatic rings. The molecule has 0 unspecified atom stereocenters. The van der Waals surface area contributed by atoms with Gasteiger partial charge in [0.05, 0.1) is 40.0 Å². The van der Waals surface area contributed by atoms with Crippen LogP contribution in [-0.2, 0) is 10.2 Å². The highest BCUT2D eigenvalue weighted by atomic mass is 79.9. The third-order valence-electron chi connectivity index (χ3n) is 5.28. The van der Waals surface area contributed by atoms with Crippen LogP contribution in [0.2, 0.25) is 0 Å². The van der Waals surface area contributed by atoms with Crippen LogP contribution in [-0.4, -0.2) is 41.0 Å². The fourth-order valence-electron chi connectivity index (χ4n) is 4.01. The smallest absolute Gasteiger partial charge is 0.241 e. The zero-order valence-corrected chi connectivity index (χ0v) is 15.4. The molecule has 2 aliphatic heterocycles. The van der Waals surface area contributed by atoms with E-state index in [0.717, 1.165) is 22.3 Å². The number of aromatic nitrogens is 3. The molecule has 4 heterocycles. The summed E-state index contributed by atoms with van der Waals surface area (Å²) in [7, 11) is 1.76. The number of carbonyl (C=O) groups is 1. The Labute approximate surface area is 156 Å². The number of amides is 1. The van der Waals surface area contributed by atoms with E-state index in [1.165, 1.54) is 12.4 Å². The van der Waals surface area contributed by atoms with Gasteiger partial charge >= 0.3 is 0 Å². The highest BCUT2D eigenvalue weighted by Gasteiger charge is 2.58. The first-order valence-electron chi connectivity index (χ1n) is 8.08. The Balaban J connectivity index is 1.67. The fourth-order valence-corrected chi connectivity index (χ4v) is 4.35. The van der Waals surface area contributed by atoms with Crippen LogP contribution in [0.5, 0.6) is 0 Å². The summed E-state index contributed by atoms with van der Waals surface area (Å²) >= 11 is 3.25. The van der Waals surface area contributed by atoms with Crippen molar-refractivity contribution in [2.45, 2.75) is 5.41 Å². The second-order valence-corrected chi connectivity index (χ2v) is 7.56. The van der Waals surface area contributed by atoms with E-state index in [4.69, 9.17) is 0 Å². The molecule has 2 aliphatic rings. The number of carbonyl (C=O) groups excluding carboxylic acids is 1. The second kappa shape index (κ2) is 5.20. The van der Waals surface area contributed by atoms with Crippen LogP contribution in [0.15, 0.2) is 41.5 Å². The van der Waals surface area contributed by atoms with Crippen LogP contribution in [0.25, 0.3) is 10.9 Å². The lowest BCUT2D eigenvalue weighted by Crippen LogP contribution is -2.64. The molecule has 1 fully saturated rings. The summed E-state index contributed by atoms with van der Waals surface area (Å²) in [6.07, 6.45) is 6.61. The number of pyridine rings is 1. The molecular formula is C18H13BrFN5O. The standard InChI is InChI=1S/C18H13BrFN5O/c1-24-15-6-23-14-3-13(20)12(19)2-11(14)16(15)18(17(24)26)7-25(8-18)10-4-21-9-22-5-10/h2-6,9H,7-8H2,1H3. The molecule has 1 amide bonds. The molecule has 2 aromatic heterocycles. The molecule has 1 saturated heterocycles. The van der Waals surface area contributed by atoms with Crippen molar-refractivity contribution in [2.75, 3.05) is 29.9 Å². The zero-order valence-electron chi connectivity index (χ0n) is 13.8. The van der Waals surface area contributed by atoms with Crippen LogP contribution in [0, 0.1) is 5.82 Å². The molecule has 0 atom stereocenters. The number of hydrogen-bond acceptors (Lipinski definition) is 5. The van der Waals surface area contributed by atoms with Gasteiger partial charge in [-0.05, 0) is 22.0 Å². The van der Waals surface area contributed by atoms with Crippen LogP contribution >= 0.6 is 15.9 Å². The number of halogens is 2. The summed E-state index contributed by atoms with van der Waals surface area (Å²) in [6.45, 7) is 1.06. The fraction of sp³-hybridized carbons (Fsp3) is 0.222. The van der Waals surface area contributed by atoms with Crippen molar-refractivity contribution in [2.24, 2.45) is 0 Å². The van der Waals surface area contributed by atoms with Gasteiger partial charge in [-0.2, -0.15) is 0 Å². The van der Waals surface area contributed by atoms with Crippen molar-refractivity contribution in [3.63, 3.8) is 0 Å². The first-order valence-corrected chi connectivity index (χ1v) is 8.87. The Morgan fingerprint density at radius 3 is 2.65 bits per heavy atom. The van der Waals surface area contributed by atoms with E-state index in [9.17, 15) is 9.18 Å². The average molecular weight is 414 g/mol. The summed E-state index contributed by atoms with van der Waals surface area (Å²) in [6, 6.07) is 3.12. The Kier molecular flexibility index (Phi) is 3.13. The summed E-state index contributed by atoms with van der Waals surface area (Å²) in [5.74, 6) is -0.330. The van der Waals surface area contributed by atoms with Gasteiger partial charge in [-0.3, -0.25) is 9.78 Å². The quantitative estimate of drug-likeness (QED) is 0.613. The van der Waals surface area contributed by atoms with Gasteiger partial charge in [0.25, 0.3) is 0 Å². The lowest BCUT2D eigenvalue weighted by molar-refractivity contribution is -0.123. The van der Waals surface area contributed by atoms with E-state index in [-0.39, 0.29) is 11.7 Å². The van der Waals surface area contributed by atoms with Crippen molar-refractivity contribution in [1.29, 1.82) is 0 Å². The molecule has 0 bridgehead atoms. The molecule has 0 saturated carbocycles. The third kappa shape index (κ3) is 1.90. The van der Waals surface area contributed by atoms with Crippen molar-refractivity contribution in [3.05, 3.63) is 52.9 Å². The van der Waals surface area contributed by atoms with Crippen LogP contribution in [0.4, 0.5) is 15.8 Å². The van der Waals surface area contributed by atoms with E-state index in [1.807, 2.05) is 0 Å². The maximum atomic E-state index is 13.9. The maximum Gasteiger partial charge on any atom is 0.241 e. The predicted octanol–water partition coefficient (Wildman–Crippen LogP) is 2.66. The average Bonchev–Trinajstić information content (AvgIpc) is 2.84. The molecule has 1 aromatic carbocycles. The van der Waals surface area contributed by atoms with E-state index in [2.05, 4.69) is 35.8 Å². The number of rotatable bonds is 1. The lowest BCUT2D eigenvalue weighted by Gasteiger charge is -2.48. The second-order valence-electron chi connectivity index (χ2n) is 6.70. The van der Waals surface area contributed by atoms with Crippen molar-refractivity contribution < 1.29 is 9.18 Å². The van der Waals surface area contributed by atoms with Gasteiger partial charge in [0.2, 0.25) is 5.91 Å². The Hall–Kier alpha value is -2.61. The zero-order chi connectivity index (χ0) is 18.1. The molecule has 0 N–H and O–H groups in total. The molecular weight excluding hydrogens is 401 g/mol. The molecule has 0 aliphatic carbocycles. The van der Waals surface area contributed by atoms with Crippen molar-refractivity contribution in [3.8, 4) is 0 Å². The number of hydrogen-bond donors (Lipinski definition) is 0. The Morgan fingerprint density at radius 2 is 1.92 bits per heavy atom. The number of benzene rings is 1. The molecule has 6 nitrogen and oxygen atoms in total. The first kappa shape index (κ1) is 15.6. The molecule has 26 heavy (non-hydrogen) atoms. The van der Waals surface area contributed by atoms with E-state index >= 15 is 0 Å². The van der Waals surface area contributed by atoms with Gasteiger partial charge in [0, 0.05) is 37.2 Å². The van der Waals surface area contributed by atoms with Gasteiger partial charge in [-0.25, -0.2) is 14.4 Å². The van der Waals surface area contributed by atoms with Crippen molar-refractivity contribution in [1.82, 2.24) is 15.0 Å². The van der Waals surface area contributed by atoms with Gasteiger partial charge < -0.3 is 9.80 Å². The molecule has 0 radical (unpaired) electrons. The number of anilines is 2. The minimum atomic E-state index is -0.654. The van der Waals surface area contributed by atoms with Gasteiger partial charge in [-0.15, -0.1) is 0 Å². The minimum Gasteiger partial charge on any atom is -0.366 e. The van der Waals surface area contributed by atoms with E-state index in [0.29, 0.717) is 23.1 Å². The summed E-state index contributed by atoms with van der Waals surface area (Å²) < 4.78 is 14.3. The van der Waals surface area contributed by atoms with Gasteiger partial charge in [0.15, 0.2) is 0 Å². The lowest BCUT2D eigenvalue weighted by atomic mass is 9.73. The Morgan fingerprint density at radius 1 is 1.19 bits per heavy atom. The van der Waals surface area contributed by atoms with Crippen LogP contribution in [0.3, 0.4) is 0 Å². The largest absolute Gasteiger partial charge is 0.366 e. The molecule has 8 heteroatoms. The third-order valence-corrected chi connectivity index (χ3v) is 5.89. The number of nitrogens with zero attached hydrogens (tertiary/aromatic N) is 5. The topological polar surface area (TPSA) is 62.2 Å². The normalized spacial score (nSPS) is 17.7. The summed E-state index contributed by atoms with van der Waals surface area (Å²) in [5, 5.41) is 0.803. The van der Waals surface area contributed by atoms with Crippen molar-refractivity contribution >= 4 is 44.1 Å². The van der Waals surface area contributed by atoms with E-state index < -0.39 is 5.41 Å². The first-order chi connectivity index (χ1) is 12.5. The van der Waals surface area contributed by atoms with Crippen LogP contribution < -0.4 is 9.80 Å².